The smallest absolute Gasteiger partial charge is 0.246 e. The standard InChI is InChI=1S/C22H18ClN3O/c1-25(16-9-3-2-4-10-16)21(27)15-26-20-14-8-7-13-19(20)24-22(26)17-11-5-6-12-18(17)23/h2-14H,15H2,1H3. The minimum Gasteiger partial charge on any atom is -0.314 e. The lowest BCUT2D eigenvalue weighted by atomic mass is 10.2. The van der Waals surface area contributed by atoms with Crippen LogP contribution in [-0.4, -0.2) is 22.5 Å². The van der Waals surface area contributed by atoms with E-state index in [2.05, 4.69) is 0 Å². The maximum atomic E-state index is 13.0. The van der Waals surface area contributed by atoms with E-state index in [-0.39, 0.29) is 12.5 Å². The number of aromatic nitrogens is 2. The van der Waals surface area contributed by atoms with Gasteiger partial charge < -0.3 is 9.47 Å². The van der Waals surface area contributed by atoms with Gasteiger partial charge in [-0.1, -0.05) is 54.1 Å². The van der Waals surface area contributed by atoms with Crippen LogP contribution in [0.25, 0.3) is 22.4 Å². The van der Waals surface area contributed by atoms with Crippen molar-refractivity contribution in [3.63, 3.8) is 0 Å². The molecule has 4 nitrogen and oxygen atoms in total. The van der Waals surface area contributed by atoms with Crippen molar-refractivity contribution in [1.82, 2.24) is 9.55 Å². The topological polar surface area (TPSA) is 38.1 Å². The fourth-order valence-electron chi connectivity index (χ4n) is 3.12. The van der Waals surface area contributed by atoms with Crippen LogP contribution in [-0.2, 0) is 11.3 Å². The summed E-state index contributed by atoms with van der Waals surface area (Å²) in [5.41, 5.74) is 3.40. The quantitative estimate of drug-likeness (QED) is 0.502. The molecule has 0 fully saturated rings. The molecular weight excluding hydrogens is 358 g/mol. The van der Waals surface area contributed by atoms with Crippen molar-refractivity contribution in [2.24, 2.45) is 0 Å². The Labute approximate surface area is 162 Å². The lowest BCUT2D eigenvalue weighted by molar-refractivity contribution is -0.118. The number of benzene rings is 3. The number of carbonyl (C=O) groups excluding carboxylic acids is 1. The third-order valence-corrected chi connectivity index (χ3v) is 4.91. The number of carbonyl (C=O) groups is 1. The highest BCUT2D eigenvalue weighted by molar-refractivity contribution is 6.33. The second-order valence-electron chi connectivity index (χ2n) is 6.28. The lowest BCUT2D eigenvalue weighted by Gasteiger charge is -2.19. The number of fused-ring (bicyclic) bond motifs is 1. The molecule has 1 aromatic heterocycles. The number of likely N-dealkylation sites (N-methyl/N-ethyl adjacent to an activating group) is 1. The Morgan fingerprint density at radius 2 is 1.63 bits per heavy atom. The summed E-state index contributed by atoms with van der Waals surface area (Å²) in [6, 6.07) is 25.0. The molecule has 1 heterocycles. The van der Waals surface area contributed by atoms with Crippen LogP contribution in [0.5, 0.6) is 0 Å². The van der Waals surface area contributed by atoms with E-state index >= 15 is 0 Å². The first-order chi connectivity index (χ1) is 13.1. The van der Waals surface area contributed by atoms with Gasteiger partial charge in [0.1, 0.15) is 12.4 Å². The van der Waals surface area contributed by atoms with Crippen LogP contribution < -0.4 is 4.90 Å². The first-order valence-electron chi connectivity index (χ1n) is 8.67. The highest BCUT2D eigenvalue weighted by atomic mass is 35.5. The summed E-state index contributed by atoms with van der Waals surface area (Å²) in [6.45, 7) is 0.173. The highest BCUT2D eigenvalue weighted by Crippen LogP contribution is 2.30. The number of anilines is 1. The predicted octanol–water partition coefficient (Wildman–Crippen LogP) is 5.02. The number of rotatable bonds is 4. The molecule has 1 amide bonds. The molecule has 0 atom stereocenters. The van der Waals surface area contributed by atoms with Gasteiger partial charge in [0.2, 0.25) is 5.91 Å². The largest absolute Gasteiger partial charge is 0.314 e. The highest BCUT2D eigenvalue weighted by Gasteiger charge is 2.19. The van der Waals surface area contributed by atoms with E-state index in [4.69, 9.17) is 16.6 Å². The third kappa shape index (κ3) is 3.32. The van der Waals surface area contributed by atoms with E-state index in [9.17, 15) is 4.79 Å². The number of hydrogen-bond donors (Lipinski definition) is 0. The Morgan fingerprint density at radius 1 is 0.963 bits per heavy atom. The molecule has 0 aliphatic carbocycles. The Bertz CT molecular complexity index is 1100. The van der Waals surface area contributed by atoms with E-state index in [0.717, 1.165) is 22.3 Å². The SMILES string of the molecule is CN(C(=O)Cn1c(-c2ccccc2Cl)nc2ccccc21)c1ccccc1. The molecule has 0 radical (unpaired) electrons. The van der Waals surface area contributed by atoms with Crippen LogP contribution in [0.2, 0.25) is 5.02 Å². The van der Waals surface area contributed by atoms with Crippen LogP contribution in [0.3, 0.4) is 0 Å². The molecule has 4 aromatic rings. The summed E-state index contributed by atoms with van der Waals surface area (Å²) in [5.74, 6) is 0.661. The zero-order valence-corrected chi connectivity index (χ0v) is 15.6. The van der Waals surface area contributed by atoms with Crippen molar-refractivity contribution in [3.05, 3.63) is 83.9 Å². The summed E-state index contributed by atoms with van der Waals surface area (Å²) in [6.07, 6.45) is 0. The molecule has 0 saturated carbocycles. The van der Waals surface area contributed by atoms with Crippen LogP contribution in [0, 0.1) is 0 Å². The van der Waals surface area contributed by atoms with Crippen LogP contribution in [0.1, 0.15) is 0 Å². The summed E-state index contributed by atoms with van der Waals surface area (Å²) >= 11 is 6.40. The van der Waals surface area contributed by atoms with Gasteiger partial charge in [-0.15, -0.1) is 0 Å². The third-order valence-electron chi connectivity index (χ3n) is 4.58. The van der Waals surface area contributed by atoms with Crippen molar-refractivity contribution >= 4 is 34.2 Å². The number of nitrogens with zero attached hydrogens (tertiary/aromatic N) is 3. The van der Waals surface area contributed by atoms with Crippen LogP contribution >= 0.6 is 11.6 Å². The first-order valence-corrected chi connectivity index (χ1v) is 9.05. The molecule has 0 aliphatic rings. The zero-order valence-electron chi connectivity index (χ0n) is 14.8. The van der Waals surface area contributed by atoms with Gasteiger partial charge in [0.05, 0.1) is 16.1 Å². The Balaban J connectivity index is 1.78. The second-order valence-corrected chi connectivity index (χ2v) is 6.69. The fourth-order valence-corrected chi connectivity index (χ4v) is 3.34. The number of hydrogen-bond acceptors (Lipinski definition) is 2. The second kappa shape index (κ2) is 7.25. The van der Waals surface area contributed by atoms with Gasteiger partial charge in [0.25, 0.3) is 0 Å². The molecular formula is C22H18ClN3O. The average molecular weight is 376 g/mol. The van der Waals surface area contributed by atoms with Gasteiger partial charge in [0, 0.05) is 18.3 Å². The maximum absolute atomic E-state index is 13.0. The van der Waals surface area contributed by atoms with E-state index < -0.39 is 0 Å². The van der Waals surface area contributed by atoms with E-state index in [1.165, 1.54) is 0 Å². The molecule has 0 unspecified atom stereocenters. The van der Waals surface area contributed by atoms with E-state index in [1.54, 1.807) is 11.9 Å². The lowest BCUT2D eigenvalue weighted by Crippen LogP contribution is -2.30. The van der Waals surface area contributed by atoms with E-state index in [1.807, 2.05) is 83.4 Å². The number of imidazole rings is 1. The van der Waals surface area contributed by atoms with Crippen molar-refractivity contribution in [2.45, 2.75) is 6.54 Å². The molecule has 4 rings (SSSR count). The van der Waals surface area contributed by atoms with E-state index in [0.29, 0.717) is 10.8 Å². The minimum absolute atomic E-state index is 0.0299. The summed E-state index contributed by atoms with van der Waals surface area (Å²) < 4.78 is 1.93. The molecule has 5 heteroatoms. The average Bonchev–Trinajstić information content (AvgIpc) is 3.06. The Morgan fingerprint density at radius 3 is 2.41 bits per heavy atom. The van der Waals surface area contributed by atoms with Crippen molar-refractivity contribution in [1.29, 1.82) is 0 Å². The summed E-state index contributed by atoms with van der Waals surface area (Å²) in [5, 5.41) is 0.609. The molecule has 134 valence electrons. The normalized spacial score (nSPS) is 10.9. The molecule has 0 bridgehead atoms. The molecule has 0 saturated heterocycles. The Kier molecular flexibility index (Phi) is 4.65. The number of amides is 1. The molecule has 0 spiro atoms. The minimum atomic E-state index is -0.0299. The van der Waals surface area contributed by atoms with Gasteiger partial charge in [-0.05, 0) is 36.4 Å². The van der Waals surface area contributed by atoms with Crippen molar-refractivity contribution in [3.8, 4) is 11.4 Å². The van der Waals surface area contributed by atoms with Crippen LogP contribution in [0.4, 0.5) is 5.69 Å². The van der Waals surface area contributed by atoms with Crippen molar-refractivity contribution in [2.75, 3.05) is 11.9 Å². The van der Waals surface area contributed by atoms with Crippen LogP contribution in [0.15, 0.2) is 78.9 Å². The molecule has 0 aliphatic heterocycles. The summed E-state index contributed by atoms with van der Waals surface area (Å²) in [7, 11) is 1.78. The fraction of sp³-hybridized carbons (Fsp3) is 0.0909. The molecule has 3 aromatic carbocycles. The van der Waals surface area contributed by atoms with Gasteiger partial charge in [-0.2, -0.15) is 0 Å². The van der Waals surface area contributed by atoms with Gasteiger partial charge in [0.15, 0.2) is 0 Å². The van der Waals surface area contributed by atoms with Gasteiger partial charge >= 0.3 is 0 Å². The molecule has 27 heavy (non-hydrogen) atoms. The van der Waals surface area contributed by atoms with Gasteiger partial charge in [-0.25, -0.2) is 4.98 Å². The Hall–Kier alpha value is -3.11. The first kappa shape index (κ1) is 17.3. The van der Waals surface area contributed by atoms with Gasteiger partial charge in [-0.3, -0.25) is 4.79 Å². The number of halogens is 1. The maximum Gasteiger partial charge on any atom is 0.246 e. The summed E-state index contributed by atoms with van der Waals surface area (Å²) in [4.78, 5) is 19.4. The number of para-hydroxylation sites is 3. The monoisotopic (exact) mass is 375 g/mol. The zero-order chi connectivity index (χ0) is 18.8. The van der Waals surface area contributed by atoms with Crippen molar-refractivity contribution < 1.29 is 4.79 Å². The predicted molar refractivity (Wildman–Crippen MR) is 110 cm³/mol. The molecule has 0 N–H and O–H groups in total.